The van der Waals surface area contributed by atoms with Gasteiger partial charge in [0, 0.05) is 5.69 Å². The normalized spacial score (nSPS) is 15.2. The van der Waals surface area contributed by atoms with Crippen molar-refractivity contribution in [3.8, 4) is 0 Å². The molecular formula is C8H10NO3S-. The molecular weight excluding hydrogens is 190 g/mol. The van der Waals surface area contributed by atoms with Crippen molar-refractivity contribution >= 4 is 16.8 Å². The van der Waals surface area contributed by atoms with E-state index in [2.05, 4.69) is 0 Å². The largest absolute Gasteiger partial charge is 0.772 e. The van der Waals surface area contributed by atoms with Gasteiger partial charge in [-0.15, -0.1) is 0 Å². The number of aliphatic hydroxyl groups excluding tert-OH is 1. The first-order valence-corrected chi connectivity index (χ1v) is 4.83. The highest BCUT2D eigenvalue weighted by atomic mass is 32.2. The maximum Gasteiger partial charge on any atom is 0.0696 e. The van der Waals surface area contributed by atoms with E-state index in [1.165, 1.54) is 0 Å². The molecule has 2 atom stereocenters. The lowest BCUT2D eigenvalue weighted by atomic mass is 10.1. The van der Waals surface area contributed by atoms with Gasteiger partial charge in [0.2, 0.25) is 0 Å². The van der Waals surface area contributed by atoms with Gasteiger partial charge in [0.15, 0.2) is 0 Å². The zero-order valence-electron chi connectivity index (χ0n) is 6.84. The molecule has 0 saturated carbocycles. The van der Waals surface area contributed by atoms with Gasteiger partial charge < -0.3 is 15.4 Å². The summed E-state index contributed by atoms with van der Waals surface area (Å²) >= 11 is -2.30. The first-order valence-electron chi connectivity index (χ1n) is 3.69. The Morgan fingerprint density at radius 3 is 2.38 bits per heavy atom. The van der Waals surface area contributed by atoms with E-state index in [9.17, 15) is 8.76 Å². The molecule has 0 aliphatic rings. The molecule has 0 aliphatic carbocycles. The number of anilines is 1. The monoisotopic (exact) mass is 200 g/mol. The van der Waals surface area contributed by atoms with Crippen molar-refractivity contribution < 1.29 is 13.9 Å². The summed E-state index contributed by atoms with van der Waals surface area (Å²) < 4.78 is 21.2. The van der Waals surface area contributed by atoms with Gasteiger partial charge in [-0.2, -0.15) is 0 Å². The average molecular weight is 200 g/mol. The predicted octanol–water partition coefficient (Wildman–Crippen LogP) is 0.181. The van der Waals surface area contributed by atoms with E-state index in [-0.39, 0.29) is 0 Å². The molecule has 0 heterocycles. The van der Waals surface area contributed by atoms with Gasteiger partial charge in [0.25, 0.3) is 0 Å². The molecule has 13 heavy (non-hydrogen) atoms. The Morgan fingerprint density at radius 2 is 2.00 bits per heavy atom. The minimum absolute atomic E-state index is 0.417. The maximum atomic E-state index is 10.6. The summed E-state index contributed by atoms with van der Waals surface area (Å²) in [6.45, 7) is -0.417. The van der Waals surface area contributed by atoms with Gasteiger partial charge in [0.1, 0.15) is 0 Å². The molecule has 0 bridgehead atoms. The van der Waals surface area contributed by atoms with Gasteiger partial charge in [-0.1, -0.05) is 12.1 Å². The summed E-state index contributed by atoms with van der Waals surface area (Å²) in [5, 5.41) is 7.93. The fourth-order valence-electron chi connectivity index (χ4n) is 0.988. The first kappa shape index (κ1) is 10.2. The van der Waals surface area contributed by atoms with Gasteiger partial charge in [-0.05, 0) is 28.8 Å². The SMILES string of the molecule is Nc1ccc(C(CO)S(=O)[O-])cc1. The second-order valence-corrected chi connectivity index (χ2v) is 3.69. The van der Waals surface area contributed by atoms with Crippen molar-refractivity contribution in [2.75, 3.05) is 12.3 Å². The molecule has 1 aromatic carbocycles. The van der Waals surface area contributed by atoms with Crippen LogP contribution in [0, 0.1) is 0 Å². The molecule has 72 valence electrons. The third-order valence-electron chi connectivity index (χ3n) is 1.71. The van der Waals surface area contributed by atoms with Crippen LogP contribution < -0.4 is 5.73 Å². The Labute approximate surface area is 78.7 Å². The topological polar surface area (TPSA) is 86.4 Å². The third kappa shape index (κ3) is 2.51. The molecule has 0 amide bonds. The number of nitrogen functional groups attached to an aromatic ring is 1. The Kier molecular flexibility index (Phi) is 3.41. The summed E-state index contributed by atoms with van der Waals surface area (Å²) in [5.41, 5.74) is 6.54. The van der Waals surface area contributed by atoms with Gasteiger partial charge in [-0.25, -0.2) is 0 Å². The number of hydrogen-bond acceptors (Lipinski definition) is 4. The van der Waals surface area contributed by atoms with Crippen molar-refractivity contribution in [1.29, 1.82) is 0 Å². The highest BCUT2D eigenvalue weighted by molar-refractivity contribution is 7.79. The van der Waals surface area contributed by atoms with Gasteiger partial charge in [0.05, 0.1) is 11.9 Å². The Hall–Kier alpha value is -0.910. The van der Waals surface area contributed by atoms with Crippen LogP contribution in [-0.2, 0) is 11.1 Å². The smallest absolute Gasteiger partial charge is 0.0696 e. The third-order valence-corrected chi connectivity index (χ3v) is 2.59. The van der Waals surface area contributed by atoms with E-state index in [0.29, 0.717) is 11.3 Å². The van der Waals surface area contributed by atoms with Crippen LogP contribution in [0.15, 0.2) is 24.3 Å². The van der Waals surface area contributed by atoms with Crippen LogP contribution in [-0.4, -0.2) is 20.5 Å². The van der Waals surface area contributed by atoms with Crippen molar-refractivity contribution in [2.24, 2.45) is 0 Å². The zero-order chi connectivity index (χ0) is 9.84. The minimum atomic E-state index is -2.30. The molecule has 0 radical (unpaired) electrons. The van der Waals surface area contributed by atoms with Crippen LogP contribution in [0.2, 0.25) is 0 Å². The fourth-order valence-corrected chi connectivity index (χ4v) is 1.49. The molecule has 1 aromatic rings. The van der Waals surface area contributed by atoms with Crippen LogP contribution >= 0.6 is 0 Å². The summed E-state index contributed by atoms with van der Waals surface area (Å²) in [7, 11) is 0. The quantitative estimate of drug-likeness (QED) is 0.538. The Balaban J connectivity index is 2.92. The summed E-state index contributed by atoms with van der Waals surface area (Å²) in [6, 6.07) is 6.38. The number of aliphatic hydroxyl groups is 1. The van der Waals surface area contributed by atoms with E-state index in [1.54, 1.807) is 24.3 Å². The van der Waals surface area contributed by atoms with E-state index < -0.39 is 22.9 Å². The van der Waals surface area contributed by atoms with Crippen molar-refractivity contribution in [2.45, 2.75) is 5.25 Å². The Morgan fingerprint density at radius 1 is 1.46 bits per heavy atom. The van der Waals surface area contributed by atoms with Gasteiger partial charge >= 0.3 is 0 Å². The summed E-state index contributed by atoms with van der Waals surface area (Å²) in [4.78, 5) is 0. The molecule has 0 spiro atoms. The van der Waals surface area contributed by atoms with Crippen molar-refractivity contribution in [1.82, 2.24) is 0 Å². The first-order chi connectivity index (χ1) is 6.15. The average Bonchev–Trinajstić information content (AvgIpc) is 2.09. The summed E-state index contributed by atoms with van der Waals surface area (Å²) in [6.07, 6.45) is 0. The number of rotatable bonds is 3. The Bertz CT molecular complexity index is 299. The van der Waals surface area contributed by atoms with Crippen molar-refractivity contribution in [3.05, 3.63) is 29.8 Å². The van der Waals surface area contributed by atoms with Crippen LogP contribution in [0.1, 0.15) is 10.8 Å². The zero-order valence-corrected chi connectivity index (χ0v) is 7.66. The maximum absolute atomic E-state index is 10.6. The molecule has 0 saturated heterocycles. The molecule has 5 heteroatoms. The van der Waals surface area contributed by atoms with Crippen LogP contribution in [0.3, 0.4) is 0 Å². The van der Waals surface area contributed by atoms with E-state index in [1.807, 2.05) is 0 Å². The van der Waals surface area contributed by atoms with Gasteiger partial charge in [-0.3, -0.25) is 4.21 Å². The molecule has 3 N–H and O–H groups in total. The molecule has 2 unspecified atom stereocenters. The molecule has 0 fully saturated rings. The van der Waals surface area contributed by atoms with E-state index >= 15 is 0 Å². The molecule has 4 nitrogen and oxygen atoms in total. The predicted molar refractivity (Wildman–Crippen MR) is 49.6 cm³/mol. The van der Waals surface area contributed by atoms with Crippen LogP contribution in [0.5, 0.6) is 0 Å². The molecule has 1 rings (SSSR count). The molecule has 0 aliphatic heterocycles. The lowest BCUT2D eigenvalue weighted by Crippen LogP contribution is -2.10. The van der Waals surface area contributed by atoms with Crippen LogP contribution in [0.25, 0.3) is 0 Å². The highest BCUT2D eigenvalue weighted by Crippen LogP contribution is 2.18. The molecule has 0 aromatic heterocycles. The second kappa shape index (κ2) is 4.36. The minimum Gasteiger partial charge on any atom is -0.772 e. The standard InChI is InChI=1S/C8H11NO3S/c9-7-3-1-6(2-4-7)8(5-10)13(11)12/h1-4,8,10H,5,9H2,(H,11,12)/p-1. The van der Waals surface area contributed by atoms with Crippen molar-refractivity contribution in [3.63, 3.8) is 0 Å². The highest BCUT2D eigenvalue weighted by Gasteiger charge is 2.09. The lowest BCUT2D eigenvalue weighted by Gasteiger charge is -2.17. The van der Waals surface area contributed by atoms with Crippen LogP contribution in [0.4, 0.5) is 5.69 Å². The number of benzene rings is 1. The summed E-state index contributed by atoms with van der Waals surface area (Å²) in [5.74, 6) is 0. The second-order valence-electron chi connectivity index (χ2n) is 2.60. The van der Waals surface area contributed by atoms with E-state index in [4.69, 9.17) is 10.8 Å². The number of hydrogen-bond donors (Lipinski definition) is 2. The fraction of sp³-hybridized carbons (Fsp3) is 0.250. The lowest BCUT2D eigenvalue weighted by molar-refractivity contribution is 0.289. The number of nitrogens with two attached hydrogens (primary N) is 1. The van der Waals surface area contributed by atoms with E-state index in [0.717, 1.165) is 0 Å².